The van der Waals surface area contributed by atoms with Gasteiger partial charge >= 0.3 is 0 Å². The maximum atomic E-state index is 11.8. The summed E-state index contributed by atoms with van der Waals surface area (Å²) in [4.78, 5) is 15.9. The first-order valence-corrected chi connectivity index (χ1v) is 5.32. The monoisotopic (exact) mass is 226 g/mol. The third-order valence-corrected chi connectivity index (χ3v) is 2.90. The van der Waals surface area contributed by atoms with Crippen LogP contribution in [0.2, 0.25) is 0 Å². The van der Waals surface area contributed by atoms with Gasteiger partial charge in [0, 0.05) is 12.1 Å². The molecule has 72 valence electrons. The summed E-state index contributed by atoms with van der Waals surface area (Å²) in [5.41, 5.74) is 2.14. The molecule has 0 aliphatic carbocycles. The van der Waals surface area contributed by atoms with Gasteiger partial charge in [-0.05, 0) is 11.4 Å². The molecule has 0 N–H and O–H groups in total. The molecule has 0 unspecified atom stereocenters. The number of halogens is 1. The lowest BCUT2D eigenvalue weighted by atomic mass is 10.4. The van der Waals surface area contributed by atoms with Crippen molar-refractivity contribution in [1.82, 2.24) is 9.55 Å². The summed E-state index contributed by atoms with van der Waals surface area (Å²) in [5, 5.41) is 1.86. The SMILES string of the molecule is O=c1c2sccc2ncn1C/C=C/Cl. The topological polar surface area (TPSA) is 34.9 Å². The Morgan fingerprint density at radius 3 is 3.29 bits per heavy atom. The fourth-order valence-corrected chi connectivity index (χ4v) is 2.03. The largest absolute Gasteiger partial charge is 0.294 e. The number of thiophene rings is 1. The molecular weight excluding hydrogens is 220 g/mol. The zero-order valence-corrected chi connectivity index (χ0v) is 8.76. The van der Waals surface area contributed by atoms with Gasteiger partial charge in [0.15, 0.2) is 0 Å². The molecule has 2 aromatic heterocycles. The average Bonchev–Trinajstić information content (AvgIpc) is 2.66. The van der Waals surface area contributed by atoms with Crippen molar-refractivity contribution in [2.75, 3.05) is 0 Å². The molecule has 0 aliphatic heterocycles. The van der Waals surface area contributed by atoms with E-state index in [2.05, 4.69) is 4.98 Å². The number of nitrogens with zero attached hydrogens (tertiary/aromatic N) is 2. The van der Waals surface area contributed by atoms with Crippen molar-refractivity contribution >= 4 is 33.2 Å². The lowest BCUT2D eigenvalue weighted by molar-refractivity contribution is 0.769. The fraction of sp³-hybridized carbons (Fsp3) is 0.111. The first-order chi connectivity index (χ1) is 6.83. The fourth-order valence-electron chi connectivity index (χ4n) is 1.16. The maximum absolute atomic E-state index is 11.8. The second-order valence-electron chi connectivity index (χ2n) is 2.70. The van der Waals surface area contributed by atoms with Gasteiger partial charge < -0.3 is 0 Å². The zero-order chi connectivity index (χ0) is 9.97. The van der Waals surface area contributed by atoms with Gasteiger partial charge in [-0.3, -0.25) is 9.36 Å². The molecule has 14 heavy (non-hydrogen) atoms. The van der Waals surface area contributed by atoms with Crippen molar-refractivity contribution in [1.29, 1.82) is 0 Å². The second kappa shape index (κ2) is 3.94. The standard InChI is InChI=1S/C9H7ClN2OS/c10-3-1-4-12-6-11-7-2-5-14-8(7)9(12)13/h1-3,5-6H,4H2/b3-1+. The lowest BCUT2D eigenvalue weighted by Crippen LogP contribution is -2.18. The van der Waals surface area contributed by atoms with Crippen LogP contribution in [0.15, 0.2) is 34.2 Å². The van der Waals surface area contributed by atoms with Crippen LogP contribution in [-0.2, 0) is 6.54 Å². The predicted molar refractivity (Wildman–Crippen MR) is 58.9 cm³/mol. The van der Waals surface area contributed by atoms with E-state index in [9.17, 15) is 4.79 Å². The molecule has 0 radical (unpaired) electrons. The highest BCUT2D eigenvalue weighted by molar-refractivity contribution is 7.17. The Balaban J connectivity index is 2.56. The third kappa shape index (κ3) is 1.58. The molecule has 0 fully saturated rings. The predicted octanol–water partition coefficient (Wildman–Crippen LogP) is 2.21. The molecule has 3 nitrogen and oxygen atoms in total. The summed E-state index contributed by atoms with van der Waals surface area (Å²) in [6.45, 7) is 0.461. The van der Waals surface area contributed by atoms with Crippen molar-refractivity contribution < 1.29 is 0 Å². The maximum Gasteiger partial charge on any atom is 0.271 e. The van der Waals surface area contributed by atoms with Crippen LogP contribution in [0.4, 0.5) is 0 Å². The summed E-state index contributed by atoms with van der Waals surface area (Å²) in [7, 11) is 0. The molecule has 0 saturated heterocycles. The van der Waals surface area contributed by atoms with E-state index in [1.165, 1.54) is 27.8 Å². The van der Waals surface area contributed by atoms with Gasteiger partial charge in [0.1, 0.15) is 4.70 Å². The van der Waals surface area contributed by atoms with Crippen LogP contribution in [0.25, 0.3) is 10.2 Å². The van der Waals surface area contributed by atoms with E-state index < -0.39 is 0 Å². The van der Waals surface area contributed by atoms with E-state index in [1.807, 2.05) is 11.4 Å². The highest BCUT2D eigenvalue weighted by atomic mass is 35.5. The quantitative estimate of drug-likeness (QED) is 0.787. The van der Waals surface area contributed by atoms with Crippen LogP contribution in [0, 0.1) is 0 Å². The number of fused-ring (bicyclic) bond motifs is 1. The molecule has 2 rings (SSSR count). The summed E-state index contributed by atoms with van der Waals surface area (Å²) < 4.78 is 2.22. The number of allylic oxidation sites excluding steroid dienone is 1. The van der Waals surface area contributed by atoms with Gasteiger partial charge in [0.25, 0.3) is 5.56 Å². The number of hydrogen-bond acceptors (Lipinski definition) is 3. The van der Waals surface area contributed by atoms with Crippen molar-refractivity contribution in [3.63, 3.8) is 0 Å². The van der Waals surface area contributed by atoms with E-state index in [-0.39, 0.29) is 5.56 Å². The Bertz CT molecular complexity index is 529. The summed E-state index contributed by atoms with van der Waals surface area (Å²) in [6, 6.07) is 1.84. The average molecular weight is 227 g/mol. The minimum Gasteiger partial charge on any atom is -0.294 e. The summed E-state index contributed by atoms with van der Waals surface area (Å²) in [6.07, 6.45) is 3.23. The van der Waals surface area contributed by atoms with E-state index in [0.29, 0.717) is 11.2 Å². The van der Waals surface area contributed by atoms with Gasteiger partial charge in [-0.2, -0.15) is 0 Å². The molecule has 5 heteroatoms. The Hall–Kier alpha value is -1.13. The van der Waals surface area contributed by atoms with Gasteiger partial charge in [-0.1, -0.05) is 17.7 Å². The molecular formula is C9H7ClN2OS. The zero-order valence-electron chi connectivity index (χ0n) is 7.18. The van der Waals surface area contributed by atoms with Crippen molar-refractivity contribution in [3.8, 4) is 0 Å². The van der Waals surface area contributed by atoms with Crippen LogP contribution in [0.1, 0.15) is 0 Å². The molecule has 0 amide bonds. The van der Waals surface area contributed by atoms with Crippen LogP contribution in [0.5, 0.6) is 0 Å². The second-order valence-corrected chi connectivity index (χ2v) is 3.87. The molecule has 0 bridgehead atoms. The Kier molecular flexibility index (Phi) is 2.65. The van der Waals surface area contributed by atoms with Gasteiger partial charge in [0.05, 0.1) is 11.8 Å². The third-order valence-electron chi connectivity index (χ3n) is 1.83. The normalized spacial score (nSPS) is 11.5. The van der Waals surface area contributed by atoms with Crippen molar-refractivity contribution in [2.24, 2.45) is 0 Å². The number of aromatic nitrogens is 2. The smallest absolute Gasteiger partial charge is 0.271 e. The molecule has 2 aromatic rings. The highest BCUT2D eigenvalue weighted by Gasteiger charge is 2.03. The van der Waals surface area contributed by atoms with E-state index in [0.717, 1.165) is 5.52 Å². The lowest BCUT2D eigenvalue weighted by Gasteiger charge is -1.99. The Labute approximate surface area is 89.3 Å². The molecule has 0 aliphatic rings. The first kappa shape index (κ1) is 9.43. The van der Waals surface area contributed by atoms with Crippen molar-refractivity contribution in [2.45, 2.75) is 6.54 Å². The molecule has 0 saturated carbocycles. The van der Waals surface area contributed by atoms with Crippen LogP contribution in [-0.4, -0.2) is 9.55 Å². The number of hydrogen-bond donors (Lipinski definition) is 0. The molecule has 0 atom stereocenters. The summed E-state index contributed by atoms with van der Waals surface area (Å²) >= 11 is 6.80. The minimum atomic E-state index is -0.0141. The van der Waals surface area contributed by atoms with Crippen LogP contribution in [0.3, 0.4) is 0 Å². The van der Waals surface area contributed by atoms with E-state index >= 15 is 0 Å². The Morgan fingerprint density at radius 2 is 2.50 bits per heavy atom. The minimum absolute atomic E-state index is 0.0141. The summed E-state index contributed by atoms with van der Waals surface area (Å²) in [5.74, 6) is 0. The molecule has 0 spiro atoms. The number of rotatable bonds is 2. The highest BCUT2D eigenvalue weighted by Crippen LogP contribution is 2.12. The van der Waals surface area contributed by atoms with Gasteiger partial charge in [-0.15, -0.1) is 11.3 Å². The van der Waals surface area contributed by atoms with Gasteiger partial charge in [-0.25, -0.2) is 4.98 Å². The molecule has 0 aromatic carbocycles. The Morgan fingerprint density at radius 1 is 1.64 bits per heavy atom. The van der Waals surface area contributed by atoms with E-state index in [1.54, 1.807) is 6.08 Å². The van der Waals surface area contributed by atoms with Crippen LogP contribution >= 0.6 is 22.9 Å². The molecule has 2 heterocycles. The van der Waals surface area contributed by atoms with E-state index in [4.69, 9.17) is 11.6 Å². The van der Waals surface area contributed by atoms with Gasteiger partial charge in [0.2, 0.25) is 0 Å². The van der Waals surface area contributed by atoms with Crippen LogP contribution < -0.4 is 5.56 Å². The van der Waals surface area contributed by atoms with Crippen molar-refractivity contribution in [3.05, 3.63) is 39.7 Å². The first-order valence-electron chi connectivity index (χ1n) is 4.01.